The highest BCUT2D eigenvalue weighted by Gasteiger charge is 2.30. The summed E-state index contributed by atoms with van der Waals surface area (Å²) in [6.45, 7) is 6.91. The minimum Gasteiger partial charge on any atom is -0.444 e. The maximum atomic E-state index is 11.8. The average molecular weight is 395 g/mol. The summed E-state index contributed by atoms with van der Waals surface area (Å²) in [5.41, 5.74) is 0.217. The lowest BCUT2D eigenvalue weighted by Gasteiger charge is -2.33. The topological polar surface area (TPSA) is 85.4 Å². The van der Waals surface area contributed by atoms with E-state index in [4.69, 9.17) is 21.1 Å². The Kier molecular flexibility index (Phi) is 7.69. The Morgan fingerprint density at radius 2 is 2.15 bits per heavy atom. The third-order valence-corrected chi connectivity index (χ3v) is 4.03. The first-order valence-corrected chi connectivity index (χ1v) is 9.41. The fourth-order valence-corrected chi connectivity index (χ4v) is 2.65. The number of halogens is 1. The molecule has 2 N–H and O–H groups in total. The molecule has 0 saturated heterocycles. The Bertz CT molecular complexity index is 703. The molecule has 1 heterocycles. The Morgan fingerprint density at radius 1 is 1.41 bits per heavy atom. The number of alkyl carbamates (subject to hydrolysis) is 1. The first-order valence-electron chi connectivity index (χ1n) is 9.03. The smallest absolute Gasteiger partial charge is 0.407 e. The molecule has 0 bridgehead atoms. The van der Waals surface area contributed by atoms with E-state index in [1.807, 2.05) is 20.8 Å². The third kappa shape index (κ3) is 7.61. The van der Waals surface area contributed by atoms with Crippen molar-refractivity contribution in [3.05, 3.63) is 17.0 Å². The number of methoxy groups -OCH3 is 1. The van der Waals surface area contributed by atoms with Gasteiger partial charge in [-0.3, -0.25) is 0 Å². The van der Waals surface area contributed by atoms with Crippen molar-refractivity contribution >= 4 is 23.5 Å². The number of amides is 1. The summed E-state index contributed by atoms with van der Waals surface area (Å²) in [4.78, 5) is 20.0. The van der Waals surface area contributed by atoms with E-state index in [1.165, 1.54) is 0 Å². The SMILES string of the molecule is COCCCNc1nc(Cl)ncc1C#C[C@H]1C[C@@H](NC(=O)OC(C)(C)C)C1. The van der Waals surface area contributed by atoms with E-state index in [2.05, 4.69) is 32.4 Å². The van der Waals surface area contributed by atoms with Gasteiger partial charge < -0.3 is 20.1 Å². The van der Waals surface area contributed by atoms with Gasteiger partial charge >= 0.3 is 6.09 Å². The number of rotatable bonds is 6. The molecular formula is C19H27ClN4O3. The van der Waals surface area contributed by atoms with Gasteiger partial charge in [0.2, 0.25) is 5.28 Å². The number of ether oxygens (including phenoxy) is 2. The summed E-state index contributed by atoms with van der Waals surface area (Å²) < 4.78 is 10.3. The van der Waals surface area contributed by atoms with Gasteiger partial charge in [0.15, 0.2) is 0 Å². The van der Waals surface area contributed by atoms with Crippen molar-refractivity contribution < 1.29 is 14.3 Å². The zero-order chi connectivity index (χ0) is 19.9. The summed E-state index contributed by atoms with van der Waals surface area (Å²) in [6, 6.07) is 0.104. The van der Waals surface area contributed by atoms with Crippen LogP contribution in [-0.4, -0.2) is 48.0 Å². The van der Waals surface area contributed by atoms with Crippen LogP contribution in [0.4, 0.5) is 10.6 Å². The Balaban J connectivity index is 1.85. The van der Waals surface area contributed by atoms with Gasteiger partial charge in [0.05, 0.1) is 5.56 Å². The maximum Gasteiger partial charge on any atom is 0.407 e. The quantitative estimate of drug-likeness (QED) is 0.437. The van der Waals surface area contributed by atoms with E-state index in [1.54, 1.807) is 13.3 Å². The number of anilines is 1. The molecule has 0 spiro atoms. The van der Waals surface area contributed by atoms with Crippen LogP contribution in [0.3, 0.4) is 0 Å². The second-order valence-electron chi connectivity index (χ2n) is 7.46. The van der Waals surface area contributed by atoms with Crippen LogP contribution in [0, 0.1) is 17.8 Å². The molecule has 1 aromatic heterocycles. The van der Waals surface area contributed by atoms with Crippen LogP contribution in [0.5, 0.6) is 0 Å². The fraction of sp³-hybridized carbons (Fsp3) is 0.632. The van der Waals surface area contributed by atoms with E-state index < -0.39 is 5.60 Å². The molecule has 0 radical (unpaired) electrons. The van der Waals surface area contributed by atoms with Crippen LogP contribution >= 0.6 is 11.6 Å². The van der Waals surface area contributed by atoms with Crippen molar-refractivity contribution in [1.82, 2.24) is 15.3 Å². The van der Waals surface area contributed by atoms with Gasteiger partial charge in [-0.05, 0) is 51.6 Å². The molecule has 1 fully saturated rings. The molecule has 27 heavy (non-hydrogen) atoms. The standard InChI is InChI=1S/C19H27ClN4O3/c1-19(2,3)27-18(25)23-15-10-13(11-15)6-7-14-12-22-17(20)24-16(14)21-8-5-9-26-4/h12-13,15H,5,8-11H2,1-4H3,(H,23,25)(H,21,22,24)/t13-,15+. The molecule has 0 unspecified atom stereocenters. The Morgan fingerprint density at radius 3 is 2.81 bits per heavy atom. The molecule has 1 aromatic rings. The summed E-state index contributed by atoms with van der Waals surface area (Å²) >= 11 is 5.88. The summed E-state index contributed by atoms with van der Waals surface area (Å²) in [5.74, 6) is 7.19. The zero-order valence-corrected chi connectivity index (χ0v) is 17.0. The van der Waals surface area contributed by atoms with Crippen molar-refractivity contribution in [2.45, 2.75) is 51.7 Å². The van der Waals surface area contributed by atoms with E-state index in [0.717, 1.165) is 19.3 Å². The normalized spacial score (nSPS) is 18.7. The lowest BCUT2D eigenvalue weighted by Crippen LogP contribution is -2.45. The van der Waals surface area contributed by atoms with Crippen molar-refractivity contribution in [3.8, 4) is 11.8 Å². The average Bonchev–Trinajstić information content (AvgIpc) is 2.53. The molecule has 7 nitrogen and oxygen atoms in total. The lowest BCUT2D eigenvalue weighted by atomic mass is 9.81. The van der Waals surface area contributed by atoms with Crippen LogP contribution < -0.4 is 10.6 Å². The van der Waals surface area contributed by atoms with Gasteiger partial charge in [-0.2, -0.15) is 4.98 Å². The number of nitrogens with zero attached hydrogens (tertiary/aromatic N) is 2. The van der Waals surface area contributed by atoms with Crippen LogP contribution in [0.1, 0.15) is 45.6 Å². The molecule has 2 rings (SSSR count). The second kappa shape index (κ2) is 9.77. The van der Waals surface area contributed by atoms with Crippen LogP contribution in [0.2, 0.25) is 5.28 Å². The van der Waals surface area contributed by atoms with Crippen molar-refractivity contribution in [1.29, 1.82) is 0 Å². The molecule has 1 amide bonds. The number of nitrogens with one attached hydrogen (secondary N) is 2. The minimum atomic E-state index is -0.492. The van der Waals surface area contributed by atoms with Crippen molar-refractivity contribution in [2.24, 2.45) is 5.92 Å². The van der Waals surface area contributed by atoms with Crippen molar-refractivity contribution in [3.63, 3.8) is 0 Å². The van der Waals surface area contributed by atoms with Gasteiger partial charge in [0, 0.05) is 38.4 Å². The number of aromatic nitrogens is 2. The van der Waals surface area contributed by atoms with E-state index in [0.29, 0.717) is 24.5 Å². The van der Waals surface area contributed by atoms with Crippen LogP contribution in [-0.2, 0) is 9.47 Å². The number of carbonyl (C=O) groups excluding carboxylic acids is 1. The summed E-state index contributed by atoms with van der Waals surface area (Å²) in [6.07, 6.45) is 3.70. The highest BCUT2D eigenvalue weighted by Crippen LogP contribution is 2.27. The van der Waals surface area contributed by atoms with Gasteiger partial charge in [-0.1, -0.05) is 11.8 Å². The summed E-state index contributed by atoms with van der Waals surface area (Å²) in [5, 5.41) is 6.26. The van der Waals surface area contributed by atoms with E-state index >= 15 is 0 Å². The molecule has 0 atom stereocenters. The molecule has 0 aliphatic heterocycles. The van der Waals surface area contributed by atoms with E-state index in [-0.39, 0.29) is 23.3 Å². The molecule has 1 aliphatic carbocycles. The van der Waals surface area contributed by atoms with Crippen LogP contribution in [0.15, 0.2) is 6.20 Å². The maximum absolute atomic E-state index is 11.8. The molecule has 8 heteroatoms. The molecular weight excluding hydrogens is 368 g/mol. The zero-order valence-electron chi connectivity index (χ0n) is 16.3. The number of carbonyl (C=O) groups is 1. The van der Waals surface area contributed by atoms with Gasteiger partial charge in [-0.15, -0.1) is 0 Å². The monoisotopic (exact) mass is 394 g/mol. The predicted molar refractivity (Wildman–Crippen MR) is 105 cm³/mol. The first-order chi connectivity index (χ1) is 12.8. The predicted octanol–water partition coefficient (Wildman–Crippen LogP) is 3.23. The Hall–Kier alpha value is -2.04. The highest BCUT2D eigenvalue weighted by molar-refractivity contribution is 6.28. The highest BCUT2D eigenvalue weighted by atomic mass is 35.5. The summed E-state index contributed by atoms with van der Waals surface area (Å²) in [7, 11) is 1.67. The lowest BCUT2D eigenvalue weighted by molar-refractivity contribution is 0.0467. The minimum absolute atomic E-state index is 0.104. The molecule has 1 aliphatic rings. The molecule has 148 valence electrons. The fourth-order valence-electron chi connectivity index (χ4n) is 2.52. The van der Waals surface area contributed by atoms with Crippen molar-refractivity contribution in [2.75, 3.05) is 25.6 Å². The van der Waals surface area contributed by atoms with E-state index in [9.17, 15) is 4.79 Å². The first kappa shape index (κ1) is 21.3. The van der Waals surface area contributed by atoms with Gasteiger partial charge in [-0.25, -0.2) is 9.78 Å². The number of hydrogen-bond donors (Lipinski definition) is 2. The largest absolute Gasteiger partial charge is 0.444 e. The van der Waals surface area contributed by atoms with Crippen LogP contribution in [0.25, 0.3) is 0 Å². The molecule has 0 aromatic carbocycles. The molecule has 1 saturated carbocycles. The van der Waals surface area contributed by atoms with Gasteiger partial charge in [0.1, 0.15) is 11.4 Å². The second-order valence-corrected chi connectivity index (χ2v) is 7.79. The number of hydrogen-bond acceptors (Lipinski definition) is 6. The van der Waals surface area contributed by atoms with Gasteiger partial charge in [0.25, 0.3) is 0 Å². The third-order valence-electron chi connectivity index (χ3n) is 3.85. The Labute approximate surface area is 165 Å².